The van der Waals surface area contributed by atoms with Gasteiger partial charge in [0.05, 0.1) is 12.7 Å². The van der Waals surface area contributed by atoms with Crippen LogP contribution in [0.2, 0.25) is 0 Å². The molecule has 0 saturated heterocycles. The van der Waals surface area contributed by atoms with Crippen LogP contribution in [0.5, 0.6) is 0 Å². The van der Waals surface area contributed by atoms with E-state index in [2.05, 4.69) is 4.74 Å². The van der Waals surface area contributed by atoms with Crippen LogP contribution in [0.25, 0.3) is 0 Å². The molecule has 0 fully saturated rings. The van der Waals surface area contributed by atoms with Crippen LogP contribution in [-0.4, -0.2) is 19.5 Å². The predicted octanol–water partition coefficient (Wildman–Crippen LogP) is 0.752. The van der Waals surface area contributed by atoms with E-state index in [1.807, 2.05) is 6.07 Å². The Bertz CT molecular complexity index is 148. The van der Waals surface area contributed by atoms with Gasteiger partial charge in [-0.3, -0.25) is 4.79 Å². The number of nitrogens with zero attached hydrogens (tertiary/aromatic N) is 1. The van der Waals surface area contributed by atoms with Gasteiger partial charge >= 0.3 is 0 Å². The molecule has 0 aliphatic carbocycles. The lowest BCUT2D eigenvalue weighted by molar-refractivity contribution is -0.121. The Kier molecular flexibility index (Phi) is 4.51. The highest BCUT2D eigenvalue weighted by Gasteiger charge is 2.09. The first-order valence-corrected chi connectivity index (χ1v) is 3.13. The summed E-state index contributed by atoms with van der Waals surface area (Å²) in [5.41, 5.74) is 0. The summed E-state index contributed by atoms with van der Waals surface area (Å²) < 4.78 is 4.68. The number of methoxy groups -OCH3 is 1. The Balaban J connectivity index is 3.54. The molecular weight excluding hydrogens is 130 g/mol. The first-order chi connectivity index (χ1) is 4.72. The number of ketones is 1. The first kappa shape index (κ1) is 9.12. The summed E-state index contributed by atoms with van der Waals surface area (Å²) >= 11 is 0. The average molecular weight is 141 g/mol. The van der Waals surface area contributed by atoms with Gasteiger partial charge in [-0.15, -0.1) is 0 Å². The van der Waals surface area contributed by atoms with Gasteiger partial charge in [-0.25, -0.2) is 0 Å². The largest absolute Gasteiger partial charge is 0.384 e. The third kappa shape index (κ3) is 3.21. The van der Waals surface area contributed by atoms with Gasteiger partial charge in [0, 0.05) is 13.5 Å². The maximum atomic E-state index is 10.8. The van der Waals surface area contributed by atoms with E-state index in [9.17, 15) is 4.79 Å². The zero-order valence-corrected chi connectivity index (χ0v) is 6.26. The predicted molar refractivity (Wildman–Crippen MR) is 36.3 cm³/mol. The smallest absolute Gasteiger partial charge is 0.152 e. The maximum absolute atomic E-state index is 10.8. The SMILES string of the molecule is COCCC(=O)[C@H](C)C#N. The number of carbonyl (C=O) groups is 1. The number of hydrogen-bond donors (Lipinski definition) is 0. The molecule has 0 aromatic carbocycles. The summed E-state index contributed by atoms with van der Waals surface area (Å²) in [7, 11) is 1.53. The highest BCUT2D eigenvalue weighted by Crippen LogP contribution is 1.97. The van der Waals surface area contributed by atoms with Crippen molar-refractivity contribution < 1.29 is 9.53 Å². The number of ether oxygens (including phenoxy) is 1. The van der Waals surface area contributed by atoms with Gasteiger partial charge in [-0.05, 0) is 6.92 Å². The van der Waals surface area contributed by atoms with Crippen LogP contribution in [0.4, 0.5) is 0 Å². The van der Waals surface area contributed by atoms with Crippen molar-refractivity contribution in [3.8, 4) is 6.07 Å². The molecule has 0 spiro atoms. The number of Topliss-reactive ketones (excluding diaryl/α,β-unsaturated/α-hetero) is 1. The Morgan fingerprint density at radius 1 is 1.80 bits per heavy atom. The van der Waals surface area contributed by atoms with E-state index in [4.69, 9.17) is 5.26 Å². The second-order valence-corrected chi connectivity index (χ2v) is 2.06. The highest BCUT2D eigenvalue weighted by atomic mass is 16.5. The molecule has 0 aromatic rings. The zero-order valence-electron chi connectivity index (χ0n) is 6.26. The quantitative estimate of drug-likeness (QED) is 0.580. The Morgan fingerprint density at radius 2 is 2.40 bits per heavy atom. The zero-order chi connectivity index (χ0) is 7.98. The van der Waals surface area contributed by atoms with Crippen molar-refractivity contribution >= 4 is 5.78 Å². The van der Waals surface area contributed by atoms with Gasteiger partial charge in [0.15, 0.2) is 5.78 Å². The van der Waals surface area contributed by atoms with E-state index in [1.165, 1.54) is 7.11 Å². The van der Waals surface area contributed by atoms with Crippen molar-refractivity contribution in [3.05, 3.63) is 0 Å². The molecule has 0 unspecified atom stereocenters. The second-order valence-electron chi connectivity index (χ2n) is 2.06. The molecule has 0 saturated carbocycles. The minimum atomic E-state index is -0.491. The molecule has 0 rings (SSSR count). The lowest BCUT2D eigenvalue weighted by Gasteiger charge is -1.99. The minimum Gasteiger partial charge on any atom is -0.384 e. The molecule has 0 amide bonds. The molecule has 0 aliphatic rings. The van der Waals surface area contributed by atoms with Gasteiger partial charge in [0.25, 0.3) is 0 Å². The lowest BCUT2D eigenvalue weighted by atomic mass is 10.1. The Labute approximate surface area is 60.6 Å². The number of rotatable bonds is 4. The standard InChI is InChI=1S/C7H11NO2/c1-6(5-8)7(9)3-4-10-2/h6H,3-4H2,1-2H3/t6-/m1/s1. The van der Waals surface area contributed by atoms with Crippen molar-refractivity contribution in [1.82, 2.24) is 0 Å². The monoisotopic (exact) mass is 141 g/mol. The molecule has 0 aliphatic heterocycles. The van der Waals surface area contributed by atoms with Crippen LogP contribution in [0, 0.1) is 17.2 Å². The summed E-state index contributed by atoms with van der Waals surface area (Å²) in [6.07, 6.45) is 0.339. The maximum Gasteiger partial charge on any atom is 0.152 e. The third-order valence-corrected chi connectivity index (χ3v) is 1.23. The molecule has 3 heteroatoms. The fourth-order valence-corrected chi connectivity index (χ4v) is 0.491. The van der Waals surface area contributed by atoms with E-state index in [0.717, 1.165) is 0 Å². The van der Waals surface area contributed by atoms with E-state index < -0.39 is 5.92 Å². The van der Waals surface area contributed by atoms with Crippen LogP contribution in [0.15, 0.2) is 0 Å². The molecule has 3 nitrogen and oxygen atoms in total. The van der Waals surface area contributed by atoms with Crippen molar-refractivity contribution in [1.29, 1.82) is 5.26 Å². The normalized spacial score (nSPS) is 12.1. The molecule has 0 radical (unpaired) electrons. The molecule has 0 aromatic heterocycles. The number of nitriles is 1. The molecule has 0 N–H and O–H groups in total. The number of hydrogen-bond acceptors (Lipinski definition) is 3. The first-order valence-electron chi connectivity index (χ1n) is 3.13. The van der Waals surface area contributed by atoms with Gasteiger partial charge < -0.3 is 4.74 Å². The van der Waals surface area contributed by atoms with E-state index in [1.54, 1.807) is 6.92 Å². The van der Waals surface area contributed by atoms with Gasteiger partial charge in [-0.2, -0.15) is 5.26 Å². The topological polar surface area (TPSA) is 50.1 Å². The summed E-state index contributed by atoms with van der Waals surface area (Å²) in [6.45, 7) is 2.00. The molecule has 1 atom stereocenters. The summed E-state index contributed by atoms with van der Waals surface area (Å²) in [5, 5.41) is 8.29. The fraction of sp³-hybridized carbons (Fsp3) is 0.714. The van der Waals surface area contributed by atoms with Crippen LogP contribution in [-0.2, 0) is 9.53 Å². The van der Waals surface area contributed by atoms with Crippen molar-refractivity contribution in [3.63, 3.8) is 0 Å². The van der Waals surface area contributed by atoms with Crippen molar-refractivity contribution in [2.24, 2.45) is 5.92 Å². The van der Waals surface area contributed by atoms with E-state index in [0.29, 0.717) is 13.0 Å². The molecule has 56 valence electrons. The lowest BCUT2D eigenvalue weighted by Crippen LogP contribution is -2.10. The van der Waals surface area contributed by atoms with Crippen LogP contribution in [0.3, 0.4) is 0 Å². The number of carbonyl (C=O) groups excluding carboxylic acids is 1. The molecule has 10 heavy (non-hydrogen) atoms. The highest BCUT2D eigenvalue weighted by molar-refractivity contribution is 5.82. The van der Waals surface area contributed by atoms with E-state index in [-0.39, 0.29) is 5.78 Å². The molecule has 0 heterocycles. The molecular formula is C7H11NO2. The summed E-state index contributed by atoms with van der Waals surface area (Å²) in [5.74, 6) is -0.542. The van der Waals surface area contributed by atoms with Crippen LogP contribution in [0.1, 0.15) is 13.3 Å². The fourth-order valence-electron chi connectivity index (χ4n) is 0.491. The van der Waals surface area contributed by atoms with Crippen molar-refractivity contribution in [2.75, 3.05) is 13.7 Å². The van der Waals surface area contributed by atoms with Gasteiger partial charge in [-0.1, -0.05) is 0 Å². The van der Waals surface area contributed by atoms with Crippen LogP contribution < -0.4 is 0 Å². The molecule has 0 bridgehead atoms. The summed E-state index contributed by atoms with van der Waals surface area (Å²) in [6, 6.07) is 1.87. The van der Waals surface area contributed by atoms with Crippen molar-refractivity contribution in [2.45, 2.75) is 13.3 Å². The average Bonchev–Trinajstić information content (AvgIpc) is 1.98. The van der Waals surface area contributed by atoms with Crippen LogP contribution >= 0.6 is 0 Å². The van der Waals surface area contributed by atoms with E-state index >= 15 is 0 Å². The minimum absolute atomic E-state index is 0.0515. The van der Waals surface area contributed by atoms with Gasteiger partial charge in [0.2, 0.25) is 0 Å². The second kappa shape index (κ2) is 4.95. The Hall–Kier alpha value is -0.880. The van der Waals surface area contributed by atoms with Gasteiger partial charge in [0.1, 0.15) is 5.92 Å². The Morgan fingerprint density at radius 3 is 2.80 bits per heavy atom. The third-order valence-electron chi connectivity index (χ3n) is 1.23. The summed E-state index contributed by atoms with van der Waals surface area (Å²) in [4.78, 5) is 10.8.